The van der Waals surface area contributed by atoms with Gasteiger partial charge in [-0.15, -0.1) is 0 Å². The third kappa shape index (κ3) is 3.53. The van der Waals surface area contributed by atoms with Crippen molar-refractivity contribution in [3.05, 3.63) is 35.7 Å². The summed E-state index contributed by atoms with van der Waals surface area (Å²) < 4.78 is 32.5. The standard InChI is InChI=1S/C16H22N4O4S/c1-11-5-4-6-20-15(11)13(7-17-20)16(21)18-14-9-24-8-12(14)10-25(22,23)19(2)3/h4-7,12,14H,8-10H2,1-3H3,(H,18,21)/t12-,14+/m0/s1. The highest BCUT2D eigenvalue weighted by atomic mass is 32.2. The van der Waals surface area contributed by atoms with Crippen molar-refractivity contribution >= 4 is 21.4 Å². The smallest absolute Gasteiger partial charge is 0.255 e. The first kappa shape index (κ1) is 17.8. The summed E-state index contributed by atoms with van der Waals surface area (Å²) in [4.78, 5) is 12.7. The number of sulfonamides is 1. The number of fused-ring (bicyclic) bond motifs is 1. The number of rotatable bonds is 5. The Kier molecular flexibility index (Phi) is 4.81. The molecule has 1 fully saturated rings. The van der Waals surface area contributed by atoms with Gasteiger partial charge in [-0.1, -0.05) is 6.07 Å². The van der Waals surface area contributed by atoms with Crippen LogP contribution in [0.1, 0.15) is 15.9 Å². The molecule has 136 valence electrons. The fourth-order valence-corrected chi connectivity index (χ4v) is 4.14. The van der Waals surface area contributed by atoms with Gasteiger partial charge in [-0.2, -0.15) is 5.10 Å². The predicted octanol–water partition coefficient (Wildman–Crippen LogP) is 0.279. The van der Waals surface area contributed by atoms with Gasteiger partial charge in [0.25, 0.3) is 5.91 Å². The molecule has 1 aliphatic heterocycles. The topological polar surface area (TPSA) is 93.0 Å². The highest BCUT2D eigenvalue weighted by Crippen LogP contribution is 2.20. The van der Waals surface area contributed by atoms with Crippen molar-refractivity contribution in [3.8, 4) is 0 Å². The number of ether oxygens (including phenoxy) is 1. The van der Waals surface area contributed by atoms with Crippen LogP contribution in [0.25, 0.3) is 5.52 Å². The Bertz CT molecular complexity index is 891. The molecule has 0 unspecified atom stereocenters. The van der Waals surface area contributed by atoms with E-state index in [2.05, 4.69) is 10.4 Å². The van der Waals surface area contributed by atoms with Gasteiger partial charge in [0, 0.05) is 26.2 Å². The number of amides is 1. The highest BCUT2D eigenvalue weighted by molar-refractivity contribution is 7.89. The number of hydrogen-bond donors (Lipinski definition) is 1. The SMILES string of the molecule is Cc1cccn2ncc(C(=O)N[C@@H]3COC[C@H]3CS(=O)(=O)N(C)C)c12. The fourth-order valence-electron chi connectivity index (χ4n) is 2.97. The second-order valence-corrected chi connectivity index (χ2v) is 8.71. The van der Waals surface area contributed by atoms with Crippen LogP contribution in [-0.4, -0.2) is 67.3 Å². The molecule has 2 atom stereocenters. The molecule has 3 rings (SSSR count). The van der Waals surface area contributed by atoms with Crippen molar-refractivity contribution in [2.24, 2.45) is 5.92 Å². The lowest BCUT2D eigenvalue weighted by Crippen LogP contribution is -2.43. The minimum absolute atomic E-state index is 0.0568. The van der Waals surface area contributed by atoms with Gasteiger partial charge in [0.1, 0.15) is 0 Å². The van der Waals surface area contributed by atoms with Gasteiger partial charge in [-0.3, -0.25) is 4.79 Å². The quantitative estimate of drug-likeness (QED) is 0.820. The van der Waals surface area contributed by atoms with E-state index in [-0.39, 0.29) is 23.6 Å². The Morgan fingerprint density at radius 2 is 2.20 bits per heavy atom. The molecule has 0 bridgehead atoms. The maximum absolute atomic E-state index is 12.7. The van der Waals surface area contributed by atoms with E-state index in [1.54, 1.807) is 10.7 Å². The second kappa shape index (κ2) is 6.74. The number of nitrogens with zero attached hydrogens (tertiary/aromatic N) is 3. The normalized spacial score (nSPS) is 21.1. The minimum Gasteiger partial charge on any atom is -0.379 e. The van der Waals surface area contributed by atoms with Crippen molar-refractivity contribution in [3.63, 3.8) is 0 Å². The number of aromatic nitrogens is 2. The van der Waals surface area contributed by atoms with Gasteiger partial charge in [-0.05, 0) is 18.6 Å². The van der Waals surface area contributed by atoms with E-state index in [0.717, 1.165) is 11.1 Å². The maximum atomic E-state index is 12.7. The molecule has 0 radical (unpaired) electrons. The molecule has 3 heterocycles. The van der Waals surface area contributed by atoms with Gasteiger partial charge in [0.15, 0.2) is 0 Å². The van der Waals surface area contributed by atoms with Crippen LogP contribution in [0.4, 0.5) is 0 Å². The van der Waals surface area contributed by atoms with E-state index in [4.69, 9.17) is 4.74 Å². The van der Waals surface area contributed by atoms with Gasteiger partial charge >= 0.3 is 0 Å². The van der Waals surface area contributed by atoms with E-state index in [1.807, 2.05) is 19.1 Å². The number of aryl methyl sites for hydroxylation is 1. The molecule has 0 aliphatic carbocycles. The molecule has 2 aromatic rings. The molecule has 0 saturated carbocycles. The van der Waals surface area contributed by atoms with Crippen LogP contribution in [-0.2, 0) is 14.8 Å². The molecule has 0 spiro atoms. The molecule has 9 heteroatoms. The van der Waals surface area contributed by atoms with Crippen molar-refractivity contribution in [2.75, 3.05) is 33.1 Å². The van der Waals surface area contributed by atoms with E-state index in [9.17, 15) is 13.2 Å². The Morgan fingerprint density at radius 1 is 1.44 bits per heavy atom. The van der Waals surface area contributed by atoms with E-state index < -0.39 is 10.0 Å². The zero-order valence-electron chi connectivity index (χ0n) is 14.5. The van der Waals surface area contributed by atoms with Crippen LogP contribution in [0.2, 0.25) is 0 Å². The monoisotopic (exact) mass is 366 g/mol. The summed E-state index contributed by atoms with van der Waals surface area (Å²) in [7, 11) is -0.359. The Hall–Kier alpha value is -1.97. The number of carbonyl (C=O) groups excluding carboxylic acids is 1. The van der Waals surface area contributed by atoms with Crippen molar-refractivity contribution in [1.29, 1.82) is 0 Å². The lowest BCUT2D eigenvalue weighted by Gasteiger charge is -2.20. The van der Waals surface area contributed by atoms with Crippen LogP contribution in [0.5, 0.6) is 0 Å². The molecule has 8 nitrogen and oxygen atoms in total. The molecular weight excluding hydrogens is 344 g/mol. The summed E-state index contributed by atoms with van der Waals surface area (Å²) in [5, 5.41) is 7.11. The van der Waals surface area contributed by atoms with E-state index in [0.29, 0.717) is 18.8 Å². The van der Waals surface area contributed by atoms with Crippen LogP contribution in [0.15, 0.2) is 24.5 Å². The Morgan fingerprint density at radius 3 is 2.92 bits per heavy atom. The van der Waals surface area contributed by atoms with Gasteiger partial charge in [0.2, 0.25) is 10.0 Å². The summed E-state index contributed by atoms with van der Waals surface area (Å²) in [6, 6.07) is 3.43. The third-order valence-corrected chi connectivity index (χ3v) is 6.45. The first-order chi connectivity index (χ1) is 11.8. The lowest BCUT2D eigenvalue weighted by molar-refractivity contribution is 0.0927. The summed E-state index contributed by atoms with van der Waals surface area (Å²) in [6.07, 6.45) is 3.31. The molecule has 1 amide bonds. The average molecular weight is 366 g/mol. The van der Waals surface area contributed by atoms with Gasteiger partial charge in [-0.25, -0.2) is 17.2 Å². The van der Waals surface area contributed by atoms with E-state index >= 15 is 0 Å². The molecular formula is C16H22N4O4S. The third-order valence-electron chi connectivity index (χ3n) is 4.48. The fraction of sp³-hybridized carbons (Fsp3) is 0.500. The van der Waals surface area contributed by atoms with E-state index in [1.165, 1.54) is 24.6 Å². The predicted molar refractivity (Wildman–Crippen MR) is 93.0 cm³/mol. The number of hydrogen-bond acceptors (Lipinski definition) is 5. The first-order valence-electron chi connectivity index (χ1n) is 8.01. The molecule has 1 aliphatic rings. The van der Waals surface area contributed by atoms with Crippen LogP contribution in [0.3, 0.4) is 0 Å². The number of nitrogens with one attached hydrogen (secondary N) is 1. The summed E-state index contributed by atoms with van der Waals surface area (Å²) in [5.74, 6) is -0.606. The van der Waals surface area contributed by atoms with Crippen molar-refractivity contribution in [2.45, 2.75) is 13.0 Å². The molecule has 1 saturated heterocycles. The first-order valence-corrected chi connectivity index (χ1v) is 9.62. The molecule has 25 heavy (non-hydrogen) atoms. The Labute approximate surface area is 146 Å². The van der Waals surface area contributed by atoms with Crippen molar-refractivity contribution in [1.82, 2.24) is 19.2 Å². The van der Waals surface area contributed by atoms with Crippen LogP contribution in [0, 0.1) is 12.8 Å². The summed E-state index contributed by atoms with van der Waals surface area (Å²) in [6.45, 7) is 2.53. The number of carbonyl (C=O) groups is 1. The van der Waals surface area contributed by atoms with Gasteiger partial charge < -0.3 is 10.1 Å². The van der Waals surface area contributed by atoms with Crippen LogP contribution >= 0.6 is 0 Å². The number of pyridine rings is 1. The second-order valence-electron chi connectivity index (χ2n) is 6.48. The lowest BCUT2D eigenvalue weighted by atomic mass is 10.1. The largest absolute Gasteiger partial charge is 0.379 e. The highest BCUT2D eigenvalue weighted by Gasteiger charge is 2.34. The zero-order chi connectivity index (χ0) is 18.2. The maximum Gasteiger partial charge on any atom is 0.255 e. The van der Waals surface area contributed by atoms with Crippen molar-refractivity contribution < 1.29 is 17.9 Å². The Balaban J connectivity index is 1.78. The summed E-state index contributed by atoms with van der Waals surface area (Å²) in [5.41, 5.74) is 2.16. The minimum atomic E-state index is -3.36. The summed E-state index contributed by atoms with van der Waals surface area (Å²) >= 11 is 0. The molecule has 2 aromatic heterocycles. The van der Waals surface area contributed by atoms with Gasteiger partial charge in [0.05, 0.1) is 42.3 Å². The van der Waals surface area contributed by atoms with Crippen LogP contribution < -0.4 is 5.32 Å². The average Bonchev–Trinajstić information content (AvgIpc) is 3.15. The zero-order valence-corrected chi connectivity index (χ0v) is 15.3. The molecule has 1 N–H and O–H groups in total. The molecule has 0 aromatic carbocycles.